The van der Waals surface area contributed by atoms with E-state index in [1.807, 2.05) is 13.8 Å². The van der Waals surface area contributed by atoms with Crippen LogP contribution in [0.3, 0.4) is 0 Å². The Bertz CT molecular complexity index is 546. The molecule has 5 heteroatoms. The highest BCUT2D eigenvalue weighted by atomic mass is 19.1. The standard InChI is InChI=1S/C13H14FN3O/c1-9(2)17-13(12(8-18)15-16-17)7-10-3-5-11(14)6-4-10/h3-6,8-9H,7H2,1-2H3. The van der Waals surface area contributed by atoms with Crippen LogP contribution in [0.15, 0.2) is 24.3 Å². The second-order valence-electron chi connectivity index (χ2n) is 4.38. The van der Waals surface area contributed by atoms with Gasteiger partial charge >= 0.3 is 0 Å². The molecule has 0 aliphatic rings. The Morgan fingerprint density at radius 2 is 2.00 bits per heavy atom. The first-order chi connectivity index (χ1) is 8.61. The van der Waals surface area contributed by atoms with Crippen molar-refractivity contribution in [3.63, 3.8) is 0 Å². The summed E-state index contributed by atoms with van der Waals surface area (Å²) < 4.78 is 14.5. The second-order valence-corrected chi connectivity index (χ2v) is 4.38. The van der Waals surface area contributed by atoms with E-state index in [-0.39, 0.29) is 11.9 Å². The summed E-state index contributed by atoms with van der Waals surface area (Å²) in [5.74, 6) is -0.273. The lowest BCUT2D eigenvalue weighted by atomic mass is 10.1. The molecule has 0 saturated carbocycles. The molecule has 18 heavy (non-hydrogen) atoms. The van der Waals surface area contributed by atoms with Gasteiger partial charge in [-0.2, -0.15) is 0 Å². The van der Waals surface area contributed by atoms with Crippen LogP contribution >= 0.6 is 0 Å². The molecule has 0 bridgehead atoms. The Balaban J connectivity index is 2.35. The number of benzene rings is 1. The third kappa shape index (κ3) is 2.45. The lowest BCUT2D eigenvalue weighted by Crippen LogP contribution is -2.09. The number of rotatable bonds is 4. The molecule has 0 saturated heterocycles. The van der Waals surface area contributed by atoms with Crippen LogP contribution in [0.25, 0.3) is 0 Å². The maximum atomic E-state index is 12.8. The van der Waals surface area contributed by atoms with Crippen molar-refractivity contribution in [2.75, 3.05) is 0 Å². The number of aromatic nitrogens is 3. The van der Waals surface area contributed by atoms with E-state index in [1.165, 1.54) is 12.1 Å². The van der Waals surface area contributed by atoms with Gasteiger partial charge in [0.1, 0.15) is 11.5 Å². The molecule has 0 aliphatic heterocycles. The fraction of sp³-hybridized carbons (Fsp3) is 0.308. The first-order valence-corrected chi connectivity index (χ1v) is 5.75. The molecule has 0 aliphatic carbocycles. The third-order valence-corrected chi connectivity index (χ3v) is 2.71. The van der Waals surface area contributed by atoms with Crippen LogP contribution in [0.4, 0.5) is 4.39 Å². The van der Waals surface area contributed by atoms with E-state index < -0.39 is 0 Å². The maximum absolute atomic E-state index is 12.8. The predicted octanol–water partition coefficient (Wildman–Crippen LogP) is 2.40. The number of carbonyl (C=O) groups excluding carboxylic acids is 1. The number of halogens is 1. The average Bonchev–Trinajstić information content (AvgIpc) is 2.75. The van der Waals surface area contributed by atoms with Crippen molar-refractivity contribution in [3.8, 4) is 0 Å². The fourth-order valence-electron chi connectivity index (χ4n) is 1.80. The number of nitrogens with zero attached hydrogens (tertiary/aromatic N) is 3. The molecule has 0 unspecified atom stereocenters. The average molecular weight is 247 g/mol. The van der Waals surface area contributed by atoms with E-state index in [1.54, 1.807) is 16.8 Å². The van der Waals surface area contributed by atoms with Gasteiger partial charge in [0.15, 0.2) is 6.29 Å². The van der Waals surface area contributed by atoms with Crippen molar-refractivity contribution in [1.82, 2.24) is 15.0 Å². The Morgan fingerprint density at radius 1 is 1.33 bits per heavy atom. The van der Waals surface area contributed by atoms with Gasteiger partial charge in [0.05, 0.1) is 5.69 Å². The first kappa shape index (κ1) is 12.4. The molecular weight excluding hydrogens is 233 g/mol. The highest BCUT2D eigenvalue weighted by Crippen LogP contribution is 2.15. The highest BCUT2D eigenvalue weighted by molar-refractivity contribution is 5.73. The zero-order valence-electron chi connectivity index (χ0n) is 10.3. The van der Waals surface area contributed by atoms with E-state index in [9.17, 15) is 9.18 Å². The van der Waals surface area contributed by atoms with Crippen LogP contribution < -0.4 is 0 Å². The second kappa shape index (κ2) is 5.08. The Morgan fingerprint density at radius 3 is 2.56 bits per heavy atom. The van der Waals surface area contributed by atoms with Crippen LogP contribution in [-0.2, 0) is 6.42 Å². The quantitative estimate of drug-likeness (QED) is 0.779. The molecule has 2 aromatic rings. The summed E-state index contributed by atoms with van der Waals surface area (Å²) >= 11 is 0. The molecule has 1 aromatic carbocycles. The van der Waals surface area contributed by atoms with Crippen molar-refractivity contribution < 1.29 is 9.18 Å². The summed E-state index contributed by atoms with van der Waals surface area (Å²) in [5.41, 5.74) is 2.02. The SMILES string of the molecule is CC(C)n1nnc(C=O)c1Cc1ccc(F)cc1. The van der Waals surface area contributed by atoms with Gasteiger partial charge < -0.3 is 0 Å². The zero-order chi connectivity index (χ0) is 13.1. The highest BCUT2D eigenvalue weighted by Gasteiger charge is 2.14. The predicted molar refractivity (Wildman–Crippen MR) is 65.0 cm³/mol. The van der Waals surface area contributed by atoms with E-state index in [4.69, 9.17) is 0 Å². The molecule has 0 spiro atoms. The van der Waals surface area contributed by atoms with Crippen LogP contribution in [0.2, 0.25) is 0 Å². The van der Waals surface area contributed by atoms with E-state index in [2.05, 4.69) is 10.3 Å². The molecule has 0 fully saturated rings. The van der Waals surface area contributed by atoms with Crippen LogP contribution in [0.5, 0.6) is 0 Å². The van der Waals surface area contributed by atoms with Crippen molar-refractivity contribution in [3.05, 3.63) is 47.0 Å². The minimum atomic E-state index is -0.273. The lowest BCUT2D eigenvalue weighted by molar-refractivity contribution is 0.111. The Hall–Kier alpha value is -2.04. The van der Waals surface area contributed by atoms with Gasteiger partial charge in [-0.3, -0.25) is 4.79 Å². The van der Waals surface area contributed by atoms with E-state index in [0.717, 1.165) is 11.3 Å². The molecule has 94 valence electrons. The van der Waals surface area contributed by atoms with Gasteiger partial charge in [-0.05, 0) is 31.5 Å². The van der Waals surface area contributed by atoms with Crippen molar-refractivity contribution >= 4 is 6.29 Å². The molecule has 2 rings (SSSR count). The third-order valence-electron chi connectivity index (χ3n) is 2.71. The fourth-order valence-corrected chi connectivity index (χ4v) is 1.80. The minimum absolute atomic E-state index is 0.127. The smallest absolute Gasteiger partial charge is 0.172 e. The molecule has 4 nitrogen and oxygen atoms in total. The molecule has 1 heterocycles. The normalized spacial score (nSPS) is 10.9. The number of hydrogen-bond donors (Lipinski definition) is 0. The molecule has 0 N–H and O–H groups in total. The molecule has 1 aromatic heterocycles. The monoisotopic (exact) mass is 247 g/mol. The van der Waals surface area contributed by atoms with Gasteiger partial charge in [0, 0.05) is 12.5 Å². The van der Waals surface area contributed by atoms with Crippen molar-refractivity contribution in [2.45, 2.75) is 26.3 Å². The summed E-state index contributed by atoms with van der Waals surface area (Å²) in [4.78, 5) is 10.9. The largest absolute Gasteiger partial charge is 0.296 e. The zero-order valence-corrected chi connectivity index (χ0v) is 10.3. The molecule has 0 radical (unpaired) electrons. The maximum Gasteiger partial charge on any atom is 0.172 e. The summed E-state index contributed by atoms with van der Waals surface area (Å²) in [6.45, 7) is 3.94. The molecule has 0 amide bonds. The summed E-state index contributed by atoms with van der Waals surface area (Å²) in [6.07, 6.45) is 1.21. The van der Waals surface area contributed by atoms with Gasteiger partial charge in [0.2, 0.25) is 0 Å². The topological polar surface area (TPSA) is 47.8 Å². The molecule has 0 atom stereocenters. The number of carbonyl (C=O) groups is 1. The minimum Gasteiger partial charge on any atom is -0.296 e. The van der Waals surface area contributed by atoms with Gasteiger partial charge in [0.25, 0.3) is 0 Å². The van der Waals surface area contributed by atoms with Crippen molar-refractivity contribution in [1.29, 1.82) is 0 Å². The van der Waals surface area contributed by atoms with Gasteiger partial charge in [-0.15, -0.1) is 5.10 Å². The summed E-state index contributed by atoms with van der Waals surface area (Å²) in [7, 11) is 0. The van der Waals surface area contributed by atoms with Gasteiger partial charge in [-0.1, -0.05) is 17.3 Å². The summed E-state index contributed by atoms with van der Waals surface area (Å²) in [6, 6.07) is 6.32. The van der Waals surface area contributed by atoms with Crippen LogP contribution in [0.1, 0.15) is 41.6 Å². The van der Waals surface area contributed by atoms with Crippen molar-refractivity contribution in [2.24, 2.45) is 0 Å². The van der Waals surface area contributed by atoms with Gasteiger partial charge in [-0.25, -0.2) is 9.07 Å². The number of aldehydes is 1. The lowest BCUT2D eigenvalue weighted by Gasteiger charge is -2.10. The first-order valence-electron chi connectivity index (χ1n) is 5.75. The molecular formula is C13H14FN3O. The van der Waals surface area contributed by atoms with E-state index >= 15 is 0 Å². The summed E-state index contributed by atoms with van der Waals surface area (Å²) in [5, 5.41) is 7.80. The Labute approximate surface area is 104 Å². The number of hydrogen-bond acceptors (Lipinski definition) is 3. The Kier molecular flexibility index (Phi) is 3.50. The van der Waals surface area contributed by atoms with E-state index in [0.29, 0.717) is 18.4 Å². The van der Waals surface area contributed by atoms with Crippen LogP contribution in [0, 0.1) is 5.82 Å². The van der Waals surface area contributed by atoms with Crippen LogP contribution in [-0.4, -0.2) is 21.3 Å².